The number of benzene rings is 1. The Hall–Kier alpha value is -1.30. The Morgan fingerprint density at radius 1 is 1.17 bits per heavy atom. The maximum atomic E-state index is 13.8. The largest absolute Gasteiger partial charge is 0.487 e. The van der Waals surface area contributed by atoms with Crippen LogP contribution in [0.5, 0.6) is 5.75 Å². The minimum atomic E-state index is -4.27. The van der Waals surface area contributed by atoms with Crippen LogP contribution in [0, 0.1) is 11.7 Å². The molecular weight excluding hydrogens is 312 g/mol. The number of ether oxygens (including phenoxy) is 2. The highest BCUT2D eigenvalue weighted by Gasteiger charge is 2.35. The highest BCUT2D eigenvalue weighted by atomic mass is 19.4. The van der Waals surface area contributed by atoms with Gasteiger partial charge in [0.2, 0.25) is 0 Å². The second-order valence-corrected chi connectivity index (χ2v) is 6.10. The topological polar surface area (TPSA) is 18.5 Å². The molecule has 1 atom stereocenters. The summed E-state index contributed by atoms with van der Waals surface area (Å²) in [6.45, 7) is 0.656. The van der Waals surface area contributed by atoms with Gasteiger partial charge in [0.25, 0.3) is 0 Å². The number of alkyl halides is 3. The first-order valence-corrected chi connectivity index (χ1v) is 7.96. The molecule has 6 heteroatoms. The summed E-state index contributed by atoms with van der Waals surface area (Å²) in [5.41, 5.74) is 0.603. The molecule has 0 radical (unpaired) electrons. The average Bonchev–Trinajstić information content (AvgIpc) is 2.50. The Balaban J connectivity index is 1.89. The molecule has 1 aliphatic carbocycles. The van der Waals surface area contributed by atoms with E-state index in [0.717, 1.165) is 32.6 Å². The second-order valence-electron chi connectivity index (χ2n) is 6.10. The van der Waals surface area contributed by atoms with Gasteiger partial charge in [-0.3, -0.25) is 0 Å². The van der Waals surface area contributed by atoms with Crippen molar-refractivity contribution in [3.05, 3.63) is 29.6 Å². The van der Waals surface area contributed by atoms with Crippen molar-refractivity contribution in [2.24, 2.45) is 5.92 Å². The first kappa shape index (κ1) is 18.0. The molecule has 130 valence electrons. The Labute approximate surface area is 133 Å². The minimum absolute atomic E-state index is 0.00171. The predicted octanol–water partition coefficient (Wildman–Crippen LogP) is 5.25. The van der Waals surface area contributed by atoms with E-state index in [-0.39, 0.29) is 18.5 Å². The molecule has 0 amide bonds. The molecule has 2 nitrogen and oxygen atoms in total. The van der Waals surface area contributed by atoms with E-state index < -0.39 is 24.5 Å². The summed E-state index contributed by atoms with van der Waals surface area (Å²) in [7, 11) is 0. The molecule has 1 aromatic carbocycles. The van der Waals surface area contributed by atoms with E-state index >= 15 is 0 Å². The summed E-state index contributed by atoms with van der Waals surface area (Å²) >= 11 is 0. The Morgan fingerprint density at radius 2 is 1.87 bits per heavy atom. The van der Waals surface area contributed by atoms with E-state index in [0.29, 0.717) is 5.56 Å². The molecule has 23 heavy (non-hydrogen) atoms. The van der Waals surface area contributed by atoms with Crippen molar-refractivity contribution in [2.45, 2.75) is 57.9 Å². The Kier molecular flexibility index (Phi) is 6.27. The van der Waals surface area contributed by atoms with Crippen molar-refractivity contribution in [3.8, 4) is 5.75 Å². The van der Waals surface area contributed by atoms with E-state index in [1.807, 2.05) is 0 Å². The van der Waals surface area contributed by atoms with Gasteiger partial charge in [-0.2, -0.15) is 13.2 Å². The molecule has 1 aromatic rings. The molecule has 0 aromatic heterocycles. The van der Waals surface area contributed by atoms with Gasteiger partial charge in [-0.25, -0.2) is 4.39 Å². The molecule has 0 spiro atoms. The molecule has 1 fully saturated rings. The molecule has 1 aliphatic rings. The van der Waals surface area contributed by atoms with Crippen LogP contribution in [0.2, 0.25) is 0 Å². The third kappa shape index (κ3) is 5.68. The Morgan fingerprint density at radius 3 is 2.52 bits per heavy atom. The van der Waals surface area contributed by atoms with E-state index in [1.165, 1.54) is 24.6 Å². The van der Waals surface area contributed by atoms with Gasteiger partial charge in [-0.05, 0) is 43.4 Å². The van der Waals surface area contributed by atoms with Gasteiger partial charge in [-0.15, -0.1) is 0 Å². The van der Waals surface area contributed by atoms with Gasteiger partial charge in [0, 0.05) is 0 Å². The fourth-order valence-corrected chi connectivity index (χ4v) is 2.54. The SMILES string of the molecule is CC(COCc1ccc(F)c(OC2CCCCC2)c1)C(F)(F)F. The van der Waals surface area contributed by atoms with Crippen LogP contribution in [0.4, 0.5) is 17.6 Å². The lowest BCUT2D eigenvalue weighted by molar-refractivity contribution is -0.183. The zero-order valence-corrected chi connectivity index (χ0v) is 13.2. The molecule has 0 saturated heterocycles. The Bertz CT molecular complexity index is 496. The van der Waals surface area contributed by atoms with Crippen LogP contribution in [0.25, 0.3) is 0 Å². The molecule has 0 bridgehead atoms. The molecule has 1 unspecified atom stereocenters. The molecular formula is C17H22F4O2. The first-order valence-electron chi connectivity index (χ1n) is 7.96. The van der Waals surface area contributed by atoms with Gasteiger partial charge in [-0.1, -0.05) is 19.4 Å². The van der Waals surface area contributed by atoms with E-state index in [2.05, 4.69) is 0 Å². The summed E-state index contributed by atoms with van der Waals surface area (Å²) in [5, 5.41) is 0. The van der Waals surface area contributed by atoms with Crippen LogP contribution >= 0.6 is 0 Å². The number of rotatable bonds is 6. The zero-order valence-electron chi connectivity index (χ0n) is 13.2. The molecule has 0 N–H and O–H groups in total. The van der Waals surface area contributed by atoms with Crippen molar-refractivity contribution in [3.63, 3.8) is 0 Å². The van der Waals surface area contributed by atoms with Gasteiger partial charge in [0.15, 0.2) is 11.6 Å². The van der Waals surface area contributed by atoms with Crippen LogP contribution in [0.1, 0.15) is 44.6 Å². The molecule has 2 rings (SSSR count). The molecule has 0 heterocycles. The zero-order chi connectivity index (χ0) is 16.9. The van der Waals surface area contributed by atoms with Crippen molar-refractivity contribution in [1.29, 1.82) is 0 Å². The summed E-state index contributed by atoms with van der Waals surface area (Å²) in [6.07, 6.45) is 0.882. The molecule has 0 aliphatic heterocycles. The van der Waals surface area contributed by atoms with Crippen molar-refractivity contribution < 1.29 is 27.0 Å². The van der Waals surface area contributed by atoms with Gasteiger partial charge >= 0.3 is 6.18 Å². The highest BCUT2D eigenvalue weighted by Crippen LogP contribution is 2.28. The summed E-state index contributed by atoms with van der Waals surface area (Å²) in [6, 6.07) is 4.29. The highest BCUT2D eigenvalue weighted by molar-refractivity contribution is 5.30. The minimum Gasteiger partial charge on any atom is -0.487 e. The van der Waals surface area contributed by atoms with Crippen molar-refractivity contribution in [2.75, 3.05) is 6.61 Å². The average molecular weight is 334 g/mol. The maximum Gasteiger partial charge on any atom is 0.393 e. The van der Waals surface area contributed by atoms with Gasteiger partial charge < -0.3 is 9.47 Å². The van der Waals surface area contributed by atoms with E-state index in [9.17, 15) is 17.6 Å². The van der Waals surface area contributed by atoms with Crippen LogP contribution < -0.4 is 4.74 Å². The maximum absolute atomic E-state index is 13.8. The van der Waals surface area contributed by atoms with E-state index in [1.54, 1.807) is 0 Å². The quantitative estimate of drug-likeness (QED) is 0.661. The van der Waals surface area contributed by atoms with Crippen molar-refractivity contribution >= 4 is 0 Å². The monoisotopic (exact) mass is 334 g/mol. The van der Waals surface area contributed by atoms with Gasteiger partial charge in [0.1, 0.15) is 0 Å². The summed E-state index contributed by atoms with van der Waals surface area (Å²) < 4.78 is 61.8. The normalized spacial score (nSPS) is 18.0. The summed E-state index contributed by atoms with van der Waals surface area (Å²) in [5.74, 6) is -1.83. The predicted molar refractivity (Wildman–Crippen MR) is 78.8 cm³/mol. The second kappa shape index (κ2) is 7.99. The van der Waals surface area contributed by atoms with E-state index in [4.69, 9.17) is 9.47 Å². The fourth-order valence-electron chi connectivity index (χ4n) is 2.54. The van der Waals surface area contributed by atoms with Crippen LogP contribution in [0.3, 0.4) is 0 Å². The third-order valence-electron chi connectivity index (χ3n) is 4.04. The van der Waals surface area contributed by atoms with Crippen LogP contribution in [0.15, 0.2) is 18.2 Å². The standard InChI is InChI=1S/C17H22F4O2/c1-12(17(19,20)21)10-22-11-13-7-8-15(18)16(9-13)23-14-5-3-2-4-6-14/h7-9,12,14H,2-6,10-11H2,1H3. The number of hydrogen-bond acceptors (Lipinski definition) is 2. The third-order valence-corrected chi connectivity index (χ3v) is 4.04. The van der Waals surface area contributed by atoms with Crippen molar-refractivity contribution in [1.82, 2.24) is 0 Å². The van der Waals surface area contributed by atoms with Gasteiger partial charge in [0.05, 0.1) is 25.2 Å². The number of halogens is 4. The lowest BCUT2D eigenvalue weighted by Crippen LogP contribution is -2.24. The first-order chi connectivity index (χ1) is 10.9. The lowest BCUT2D eigenvalue weighted by atomic mass is 9.98. The fraction of sp³-hybridized carbons (Fsp3) is 0.647. The number of hydrogen-bond donors (Lipinski definition) is 0. The van der Waals surface area contributed by atoms with Crippen LogP contribution in [-0.4, -0.2) is 18.9 Å². The smallest absolute Gasteiger partial charge is 0.393 e. The van der Waals surface area contributed by atoms with Crippen LogP contribution in [-0.2, 0) is 11.3 Å². The molecule has 1 saturated carbocycles. The summed E-state index contributed by atoms with van der Waals surface area (Å²) in [4.78, 5) is 0. The lowest BCUT2D eigenvalue weighted by Gasteiger charge is -2.23.